The van der Waals surface area contributed by atoms with Gasteiger partial charge in [-0.3, -0.25) is 9.52 Å². The van der Waals surface area contributed by atoms with Crippen LogP contribution < -0.4 is 14.8 Å². The van der Waals surface area contributed by atoms with E-state index >= 15 is 0 Å². The Bertz CT molecular complexity index is 897. The van der Waals surface area contributed by atoms with E-state index in [1.54, 1.807) is 12.1 Å². The molecular weight excluding hydrogens is 364 g/mol. The second kappa shape index (κ2) is 8.04. The molecule has 6 nitrogen and oxygen atoms in total. The van der Waals surface area contributed by atoms with Gasteiger partial charge in [0.25, 0.3) is 15.9 Å². The van der Waals surface area contributed by atoms with Gasteiger partial charge in [-0.25, -0.2) is 8.42 Å². The van der Waals surface area contributed by atoms with Crippen LogP contribution in [0.25, 0.3) is 0 Å². The van der Waals surface area contributed by atoms with Crippen LogP contribution in [0.15, 0.2) is 60.0 Å². The van der Waals surface area contributed by atoms with Gasteiger partial charge in [0.1, 0.15) is 5.75 Å². The van der Waals surface area contributed by atoms with Crippen LogP contribution >= 0.6 is 11.6 Å². The number of anilines is 1. The van der Waals surface area contributed by atoms with E-state index in [0.29, 0.717) is 5.75 Å². The Morgan fingerprint density at radius 3 is 2.64 bits per heavy atom. The number of amides is 1. The van der Waals surface area contributed by atoms with Gasteiger partial charge < -0.3 is 10.1 Å². The highest BCUT2D eigenvalue weighted by Crippen LogP contribution is 2.28. The molecule has 0 unspecified atom stereocenters. The van der Waals surface area contributed by atoms with Crippen molar-refractivity contribution in [1.29, 1.82) is 0 Å². The van der Waals surface area contributed by atoms with Crippen LogP contribution in [-0.4, -0.2) is 28.0 Å². The number of rotatable bonds is 7. The number of halogens is 1. The first-order valence-corrected chi connectivity index (χ1v) is 9.09. The summed E-state index contributed by atoms with van der Waals surface area (Å²) in [6, 6.07) is 10.4. The Morgan fingerprint density at radius 2 is 2.00 bits per heavy atom. The maximum atomic E-state index is 12.6. The lowest BCUT2D eigenvalue weighted by Crippen LogP contribution is -2.25. The fraction of sp³-hybridized carbons (Fsp3) is 0.118. The zero-order valence-electron chi connectivity index (χ0n) is 13.5. The van der Waals surface area contributed by atoms with Crippen molar-refractivity contribution in [3.63, 3.8) is 0 Å². The van der Waals surface area contributed by atoms with E-state index in [0.717, 1.165) is 0 Å². The number of benzene rings is 2. The fourth-order valence-corrected chi connectivity index (χ4v) is 3.48. The smallest absolute Gasteiger partial charge is 0.261 e. The van der Waals surface area contributed by atoms with Crippen LogP contribution in [0.5, 0.6) is 5.75 Å². The van der Waals surface area contributed by atoms with Crippen LogP contribution in [0.4, 0.5) is 5.69 Å². The Kier molecular flexibility index (Phi) is 6.06. The molecule has 2 N–H and O–H groups in total. The van der Waals surface area contributed by atoms with E-state index in [1.165, 1.54) is 43.5 Å². The third kappa shape index (κ3) is 4.52. The first kappa shape index (κ1) is 18.8. The van der Waals surface area contributed by atoms with Gasteiger partial charge in [0.2, 0.25) is 0 Å². The van der Waals surface area contributed by atoms with E-state index in [1.807, 2.05) is 0 Å². The standard InChI is InChI=1S/C17H17ClN2O4S/c1-3-10-19-17(21)13-6-4-5-7-15(13)20-25(22,23)12-8-9-16(24-2)14(18)11-12/h3-9,11,20H,1,10H2,2H3,(H,19,21). The normalized spacial score (nSPS) is 10.8. The maximum absolute atomic E-state index is 12.6. The molecule has 2 rings (SSSR count). The van der Waals surface area contributed by atoms with E-state index in [9.17, 15) is 13.2 Å². The molecule has 0 fully saturated rings. The van der Waals surface area contributed by atoms with Crippen LogP contribution in [0.2, 0.25) is 5.02 Å². The first-order valence-electron chi connectivity index (χ1n) is 7.23. The lowest BCUT2D eigenvalue weighted by atomic mass is 10.1. The number of para-hydroxylation sites is 1. The highest BCUT2D eigenvalue weighted by atomic mass is 35.5. The zero-order valence-corrected chi connectivity index (χ0v) is 15.0. The van der Waals surface area contributed by atoms with E-state index in [-0.39, 0.29) is 27.7 Å². The molecule has 0 spiro atoms. The van der Waals surface area contributed by atoms with Crippen LogP contribution in [0, 0.1) is 0 Å². The van der Waals surface area contributed by atoms with Gasteiger partial charge in [-0.05, 0) is 30.3 Å². The van der Waals surface area contributed by atoms with Crippen LogP contribution in [0.1, 0.15) is 10.4 Å². The van der Waals surface area contributed by atoms with Crippen LogP contribution in [0.3, 0.4) is 0 Å². The summed E-state index contributed by atoms with van der Waals surface area (Å²) in [5.41, 5.74) is 0.364. The fourth-order valence-electron chi connectivity index (χ4n) is 2.05. The number of carbonyl (C=O) groups excluding carboxylic acids is 1. The van der Waals surface area contributed by atoms with Gasteiger partial charge in [-0.15, -0.1) is 6.58 Å². The summed E-state index contributed by atoms with van der Waals surface area (Å²) < 4.78 is 32.6. The number of hydrogen-bond donors (Lipinski definition) is 2. The molecule has 8 heteroatoms. The molecule has 0 aliphatic carbocycles. The number of carbonyl (C=O) groups is 1. The molecule has 0 saturated heterocycles. The van der Waals surface area contributed by atoms with Gasteiger partial charge in [0, 0.05) is 6.54 Å². The lowest BCUT2D eigenvalue weighted by Gasteiger charge is -2.13. The third-order valence-electron chi connectivity index (χ3n) is 3.26. The average Bonchev–Trinajstić information content (AvgIpc) is 2.59. The van der Waals surface area contributed by atoms with Gasteiger partial charge in [0.05, 0.1) is 28.3 Å². The molecule has 0 radical (unpaired) electrons. The molecule has 25 heavy (non-hydrogen) atoms. The SMILES string of the molecule is C=CCNC(=O)c1ccccc1NS(=O)(=O)c1ccc(OC)c(Cl)c1. The third-order valence-corrected chi connectivity index (χ3v) is 4.92. The summed E-state index contributed by atoms with van der Waals surface area (Å²) in [5.74, 6) is -0.0456. The Labute approximate surface area is 151 Å². The topological polar surface area (TPSA) is 84.5 Å². The second-order valence-electron chi connectivity index (χ2n) is 4.95. The van der Waals surface area contributed by atoms with Crippen molar-refractivity contribution in [1.82, 2.24) is 5.32 Å². The van der Waals surface area contributed by atoms with E-state index in [2.05, 4.69) is 16.6 Å². The van der Waals surface area contributed by atoms with Gasteiger partial charge >= 0.3 is 0 Å². The lowest BCUT2D eigenvalue weighted by molar-refractivity contribution is 0.0959. The van der Waals surface area contributed by atoms with Gasteiger partial charge in [0.15, 0.2) is 0 Å². The molecule has 2 aromatic carbocycles. The molecule has 0 saturated carbocycles. The molecule has 0 aliphatic heterocycles. The average molecular weight is 381 g/mol. The van der Waals surface area contributed by atoms with Gasteiger partial charge in [-0.2, -0.15) is 0 Å². The van der Waals surface area contributed by atoms with Crippen molar-refractivity contribution in [3.8, 4) is 5.75 Å². The Morgan fingerprint density at radius 1 is 1.28 bits per heavy atom. The quantitative estimate of drug-likeness (QED) is 0.723. The van der Waals surface area contributed by atoms with Crippen molar-refractivity contribution < 1.29 is 17.9 Å². The monoisotopic (exact) mass is 380 g/mol. The molecule has 0 bridgehead atoms. The molecule has 132 valence electrons. The number of nitrogens with one attached hydrogen (secondary N) is 2. The summed E-state index contributed by atoms with van der Waals surface area (Å²) in [6.45, 7) is 3.79. The maximum Gasteiger partial charge on any atom is 0.261 e. The number of ether oxygens (including phenoxy) is 1. The number of hydrogen-bond acceptors (Lipinski definition) is 4. The Hall–Kier alpha value is -2.51. The van der Waals surface area contributed by atoms with Crippen molar-refractivity contribution in [2.24, 2.45) is 0 Å². The van der Waals surface area contributed by atoms with Crippen molar-refractivity contribution in [2.75, 3.05) is 18.4 Å². The van der Waals surface area contributed by atoms with Crippen LogP contribution in [-0.2, 0) is 10.0 Å². The molecular formula is C17H17ClN2O4S. The number of methoxy groups -OCH3 is 1. The molecule has 0 heterocycles. The molecule has 1 amide bonds. The first-order chi connectivity index (χ1) is 11.9. The number of sulfonamides is 1. The van der Waals surface area contributed by atoms with Crippen molar-refractivity contribution in [3.05, 3.63) is 65.7 Å². The molecule has 0 atom stereocenters. The summed E-state index contributed by atoms with van der Waals surface area (Å²) in [5, 5.41) is 2.78. The highest BCUT2D eigenvalue weighted by molar-refractivity contribution is 7.92. The molecule has 0 aliphatic rings. The largest absolute Gasteiger partial charge is 0.495 e. The van der Waals surface area contributed by atoms with Gasteiger partial charge in [-0.1, -0.05) is 29.8 Å². The summed E-state index contributed by atoms with van der Waals surface area (Å²) in [6.07, 6.45) is 1.53. The molecule has 0 aromatic heterocycles. The van der Waals surface area contributed by atoms with E-state index < -0.39 is 15.9 Å². The summed E-state index contributed by atoms with van der Waals surface area (Å²) in [4.78, 5) is 12.1. The predicted octanol–water partition coefficient (Wildman–Crippen LogP) is 3.07. The second-order valence-corrected chi connectivity index (χ2v) is 7.04. The summed E-state index contributed by atoms with van der Waals surface area (Å²) in [7, 11) is -2.49. The minimum absolute atomic E-state index is 0.0420. The Balaban J connectivity index is 2.34. The summed E-state index contributed by atoms with van der Waals surface area (Å²) >= 11 is 5.99. The minimum atomic E-state index is -3.93. The van der Waals surface area contributed by atoms with Crippen molar-refractivity contribution >= 4 is 33.2 Å². The predicted molar refractivity (Wildman–Crippen MR) is 97.8 cm³/mol. The minimum Gasteiger partial charge on any atom is -0.495 e. The highest BCUT2D eigenvalue weighted by Gasteiger charge is 2.19. The van der Waals surface area contributed by atoms with E-state index in [4.69, 9.17) is 16.3 Å². The molecule has 2 aromatic rings. The zero-order chi connectivity index (χ0) is 18.4. The van der Waals surface area contributed by atoms with Crippen molar-refractivity contribution in [2.45, 2.75) is 4.90 Å².